The molecule has 3 atom stereocenters. The highest BCUT2D eigenvalue weighted by Gasteiger charge is 2.47. The summed E-state index contributed by atoms with van der Waals surface area (Å²) < 4.78 is 12.2. The number of nitrogens with two attached hydrogens (primary N) is 1. The molecule has 0 bridgehead atoms. The molecule has 5 N–H and O–H groups in total. The number of nitrogen functional groups attached to an aromatic ring is 1. The number of aliphatic hydroxyl groups is 1. The smallest absolute Gasteiger partial charge is 0.303 e. The molecule has 0 radical (unpaired) electrons. The van der Waals surface area contributed by atoms with Gasteiger partial charge in [0, 0.05) is 42.8 Å². The van der Waals surface area contributed by atoms with Gasteiger partial charge in [-0.3, -0.25) is 4.79 Å². The van der Waals surface area contributed by atoms with Crippen molar-refractivity contribution in [2.24, 2.45) is 4.99 Å². The van der Waals surface area contributed by atoms with Gasteiger partial charge in [0.1, 0.15) is 0 Å². The molecule has 2 aliphatic heterocycles. The first kappa shape index (κ1) is 24.3. The highest BCUT2D eigenvalue weighted by atomic mass is 16.6. The van der Waals surface area contributed by atoms with Crippen LogP contribution in [0.5, 0.6) is 0 Å². The number of rotatable bonds is 7. The zero-order valence-corrected chi connectivity index (χ0v) is 20.1. The Hall–Kier alpha value is -3.38. The fourth-order valence-corrected chi connectivity index (χ4v) is 4.64. The summed E-state index contributed by atoms with van der Waals surface area (Å²) in [6.07, 6.45) is 6.73. The molecule has 1 saturated heterocycles. The minimum absolute atomic E-state index is 0.0574. The lowest BCUT2D eigenvalue weighted by Gasteiger charge is -2.50. The van der Waals surface area contributed by atoms with Gasteiger partial charge in [0.25, 0.3) is 5.91 Å². The summed E-state index contributed by atoms with van der Waals surface area (Å²) in [4.78, 5) is 27.6. The number of hydrogen-bond donors (Lipinski definition) is 4. The summed E-state index contributed by atoms with van der Waals surface area (Å²) in [6, 6.07) is 8.86. The molecule has 1 aromatic heterocycles. The lowest BCUT2D eigenvalue weighted by molar-refractivity contribution is -0.239. The number of hydrogen-bond acceptors (Lipinski definition) is 10. The maximum atomic E-state index is 12.5. The van der Waals surface area contributed by atoms with Crippen LogP contribution in [0.2, 0.25) is 0 Å². The molecule has 11 heteroatoms. The number of aromatic nitrogens is 2. The van der Waals surface area contributed by atoms with E-state index < -0.39 is 18.0 Å². The molecule has 190 valence electrons. The van der Waals surface area contributed by atoms with Gasteiger partial charge in [-0.05, 0) is 31.4 Å². The molecule has 3 aliphatic rings. The standard InChI is InChI=1S/C25H31N7O4/c1-16-15-35-10-9-32(16)25(29-8-7-21(31-25)18-13-27-24(26)28-14-18)36-20-11-19(12-20)30-23(34)22(33)17-5-3-2-4-6-17/h2-8,13-14,16,19-20,22,31,33H,9-12,15H2,1H3,(H,30,34)(H2,26,27,28)/t16-,19?,20?,22+,25?/m0/s1. The van der Waals surface area contributed by atoms with Crippen LogP contribution in [0.25, 0.3) is 5.70 Å². The van der Waals surface area contributed by atoms with Crippen molar-refractivity contribution < 1.29 is 19.4 Å². The van der Waals surface area contributed by atoms with Crippen LogP contribution in [0.15, 0.2) is 53.8 Å². The van der Waals surface area contributed by atoms with Gasteiger partial charge in [-0.25, -0.2) is 19.9 Å². The first-order valence-corrected chi connectivity index (χ1v) is 12.1. The highest BCUT2D eigenvalue weighted by molar-refractivity contribution is 5.85. The molecule has 1 unspecified atom stereocenters. The second-order valence-corrected chi connectivity index (χ2v) is 9.27. The highest BCUT2D eigenvalue weighted by Crippen LogP contribution is 2.34. The van der Waals surface area contributed by atoms with E-state index in [2.05, 4.69) is 32.4 Å². The molecular weight excluding hydrogens is 462 g/mol. The molecular formula is C25H31N7O4. The lowest BCUT2D eigenvalue weighted by Crippen LogP contribution is -2.67. The van der Waals surface area contributed by atoms with Crippen LogP contribution in [0.1, 0.15) is 37.0 Å². The van der Waals surface area contributed by atoms with Crippen LogP contribution in [-0.2, 0) is 14.3 Å². The van der Waals surface area contributed by atoms with E-state index in [1.165, 1.54) is 0 Å². The number of aliphatic imine (C=N–C) groups is 1. The average molecular weight is 494 g/mol. The molecule has 1 aliphatic carbocycles. The molecule has 1 aromatic carbocycles. The molecule has 2 fully saturated rings. The summed E-state index contributed by atoms with van der Waals surface area (Å²) in [5, 5.41) is 16.7. The van der Waals surface area contributed by atoms with Crippen molar-refractivity contribution in [3.8, 4) is 0 Å². The Morgan fingerprint density at radius 2 is 2.06 bits per heavy atom. The predicted molar refractivity (Wildman–Crippen MR) is 133 cm³/mol. The molecule has 1 saturated carbocycles. The number of amides is 1. The van der Waals surface area contributed by atoms with E-state index in [1.54, 1.807) is 42.9 Å². The largest absolute Gasteiger partial charge is 0.378 e. The fourth-order valence-electron chi connectivity index (χ4n) is 4.64. The zero-order chi connectivity index (χ0) is 25.1. The van der Waals surface area contributed by atoms with E-state index in [4.69, 9.17) is 20.2 Å². The summed E-state index contributed by atoms with van der Waals surface area (Å²) in [7, 11) is 0. The second-order valence-electron chi connectivity index (χ2n) is 9.27. The minimum Gasteiger partial charge on any atom is -0.378 e. The Bertz CT molecular complexity index is 1120. The Labute approximate surface area is 209 Å². The maximum Gasteiger partial charge on any atom is 0.303 e. The quantitative estimate of drug-likeness (QED) is 0.440. The number of anilines is 1. The van der Waals surface area contributed by atoms with Gasteiger partial charge in [0.2, 0.25) is 5.95 Å². The maximum absolute atomic E-state index is 12.5. The van der Waals surface area contributed by atoms with E-state index in [-0.39, 0.29) is 24.1 Å². The Morgan fingerprint density at radius 3 is 2.78 bits per heavy atom. The van der Waals surface area contributed by atoms with E-state index in [9.17, 15) is 9.90 Å². The second kappa shape index (κ2) is 10.3. The average Bonchev–Trinajstić information content (AvgIpc) is 2.88. The van der Waals surface area contributed by atoms with Crippen molar-refractivity contribution in [2.75, 3.05) is 25.5 Å². The molecule has 3 heterocycles. The third-order valence-corrected chi connectivity index (χ3v) is 6.66. The number of allylic oxidation sites excluding steroid dienone is 1. The molecule has 0 spiro atoms. The molecule has 1 amide bonds. The normalized spacial score (nSPS) is 28.9. The molecule has 36 heavy (non-hydrogen) atoms. The number of carbonyl (C=O) groups is 1. The van der Waals surface area contributed by atoms with Crippen molar-refractivity contribution in [1.29, 1.82) is 0 Å². The van der Waals surface area contributed by atoms with Gasteiger partial charge < -0.3 is 30.9 Å². The number of morpholine rings is 1. The van der Waals surface area contributed by atoms with E-state index in [0.717, 1.165) is 11.3 Å². The van der Waals surface area contributed by atoms with Crippen LogP contribution >= 0.6 is 0 Å². The first-order valence-electron chi connectivity index (χ1n) is 12.1. The third kappa shape index (κ3) is 5.09. The molecule has 2 aromatic rings. The van der Waals surface area contributed by atoms with E-state index in [1.807, 2.05) is 12.1 Å². The number of ether oxygens (including phenoxy) is 2. The SMILES string of the molecule is C[C@H]1COCCN1C1(OC2CC(NC(=O)[C@H](O)c3ccccc3)C2)N=CC=C(c2cnc(N)nc2)N1. The molecule has 11 nitrogen and oxygen atoms in total. The predicted octanol–water partition coefficient (Wildman–Crippen LogP) is 0.803. The number of aliphatic hydroxyl groups excluding tert-OH is 1. The number of carbonyl (C=O) groups excluding carboxylic acids is 1. The number of benzene rings is 1. The monoisotopic (exact) mass is 493 g/mol. The Morgan fingerprint density at radius 1 is 1.31 bits per heavy atom. The summed E-state index contributed by atoms with van der Waals surface area (Å²) in [6.45, 7) is 3.83. The van der Waals surface area contributed by atoms with Crippen molar-refractivity contribution in [2.45, 2.75) is 50.0 Å². The zero-order valence-electron chi connectivity index (χ0n) is 20.1. The van der Waals surface area contributed by atoms with Crippen LogP contribution < -0.4 is 16.4 Å². The minimum atomic E-state index is -1.20. The number of nitrogens with zero attached hydrogens (tertiary/aromatic N) is 4. The molecule has 5 rings (SSSR count). The van der Waals surface area contributed by atoms with Crippen molar-refractivity contribution in [3.63, 3.8) is 0 Å². The van der Waals surface area contributed by atoms with Gasteiger partial charge >= 0.3 is 5.97 Å². The Kier molecular flexibility index (Phi) is 6.97. The van der Waals surface area contributed by atoms with Gasteiger partial charge in [-0.2, -0.15) is 0 Å². The fraction of sp³-hybridized carbons (Fsp3) is 0.440. The topological polar surface area (TPSA) is 147 Å². The lowest BCUT2D eigenvalue weighted by atomic mass is 9.88. The van der Waals surface area contributed by atoms with Crippen LogP contribution in [0, 0.1) is 0 Å². The third-order valence-electron chi connectivity index (χ3n) is 6.66. The van der Waals surface area contributed by atoms with Crippen molar-refractivity contribution in [1.82, 2.24) is 25.5 Å². The van der Waals surface area contributed by atoms with Gasteiger partial charge in [-0.1, -0.05) is 30.3 Å². The number of nitrogens with one attached hydrogen (secondary N) is 2. The van der Waals surface area contributed by atoms with Gasteiger partial charge in [0.15, 0.2) is 6.10 Å². The summed E-state index contributed by atoms with van der Waals surface area (Å²) >= 11 is 0. The van der Waals surface area contributed by atoms with Gasteiger partial charge in [-0.15, -0.1) is 0 Å². The van der Waals surface area contributed by atoms with Gasteiger partial charge in [0.05, 0.1) is 25.0 Å². The summed E-state index contributed by atoms with van der Waals surface area (Å²) in [5.74, 6) is -1.35. The van der Waals surface area contributed by atoms with Crippen molar-refractivity contribution >= 4 is 23.8 Å². The van der Waals surface area contributed by atoms with Crippen LogP contribution in [-0.4, -0.2) is 76.0 Å². The van der Waals surface area contributed by atoms with E-state index >= 15 is 0 Å². The Balaban J connectivity index is 1.26. The van der Waals surface area contributed by atoms with Crippen LogP contribution in [0.4, 0.5) is 5.95 Å². The van der Waals surface area contributed by atoms with Crippen LogP contribution in [0.3, 0.4) is 0 Å². The van der Waals surface area contributed by atoms with Crippen molar-refractivity contribution in [3.05, 3.63) is 59.9 Å². The first-order chi connectivity index (χ1) is 17.4. The summed E-state index contributed by atoms with van der Waals surface area (Å²) in [5.41, 5.74) is 7.74. The van der Waals surface area contributed by atoms with E-state index in [0.29, 0.717) is 38.2 Å².